The van der Waals surface area contributed by atoms with Gasteiger partial charge in [0.25, 0.3) is 0 Å². The van der Waals surface area contributed by atoms with E-state index >= 15 is 0 Å². The number of thioether (sulfide) groups is 1. The Bertz CT molecular complexity index is 917. The maximum atomic E-state index is 9.99. The van der Waals surface area contributed by atoms with Crippen LogP contribution in [0, 0.1) is 6.92 Å². The van der Waals surface area contributed by atoms with E-state index in [0.717, 1.165) is 16.0 Å². The highest BCUT2D eigenvalue weighted by atomic mass is 32.2. The third-order valence-corrected chi connectivity index (χ3v) is 6.45. The molecule has 1 N–H and O–H groups in total. The summed E-state index contributed by atoms with van der Waals surface area (Å²) in [5.74, 6) is 0. The van der Waals surface area contributed by atoms with Crippen molar-refractivity contribution in [1.82, 2.24) is 0 Å². The average molecular weight is 437 g/mol. The minimum absolute atomic E-state index is 0.115. The first kappa shape index (κ1) is 22.1. The number of aliphatic hydroxyl groups excluding tert-OH is 1. The topological polar surface area (TPSA) is 47.9 Å². The second-order valence-corrected chi connectivity index (χ2v) is 8.85. The summed E-state index contributed by atoms with van der Waals surface area (Å²) in [5.41, 5.74) is 3.11. The van der Waals surface area contributed by atoms with Gasteiger partial charge in [-0.05, 0) is 30.2 Å². The Kier molecular flexibility index (Phi) is 7.78. The van der Waals surface area contributed by atoms with E-state index in [0.29, 0.717) is 13.2 Å². The van der Waals surface area contributed by atoms with Gasteiger partial charge < -0.3 is 19.3 Å². The predicted molar refractivity (Wildman–Crippen MR) is 123 cm³/mol. The highest BCUT2D eigenvalue weighted by Gasteiger charge is 2.46. The van der Waals surface area contributed by atoms with Gasteiger partial charge in [-0.15, -0.1) is 0 Å². The summed E-state index contributed by atoms with van der Waals surface area (Å²) in [4.78, 5) is 1.10. The van der Waals surface area contributed by atoms with Gasteiger partial charge in [-0.1, -0.05) is 90.1 Å². The molecular formula is C26H28O4S. The van der Waals surface area contributed by atoms with E-state index < -0.39 is 6.10 Å². The lowest BCUT2D eigenvalue weighted by molar-refractivity contribution is -0.0817. The zero-order valence-corrected chi connectivity index (χ0v) is 18.4. The molecule has 3 aromatic rings. The van der Waals surface area contributed by atoms with E-state index in [-0.39, 0.29) is 24.3 Å². The number of rotatable bonds is 9. The lowest BCUT2D eigenvalue weighted by Gasteiger charge is -2.24. The molecule has 0 aromatic heterocycles. The fraction of sp³-hybridized carbons (Fsp3) is 0.308. The van der Waals surface area contributed by atoms with Gasteiger partial charge in [0.2, 0.25) is 0 Å². The zero-order chi connectivity index (χ0) is 21.5. The third-order valence-electron chi connectivity index (χ3n) is 5.29. The zero-order valence-electron chi connectivity index (χ0n) is 17.6. The van der Waals surface area contributed by atoms with E-state index in [1.165, 1.54) is 5.56 Å². The largest absolute Gasteiger partial charge is 0.394 e. The van der Waals surface area contributed by atoms with Crippen LogP contribution < -0.4 is 0 Å². The molecular weight excluding hydrogens is 408 g/mol. The minimum atomic E-state index is -0.438. The second-order valence-electron chi connectivity index (χ2n) is 7.68. The highest BCUT2D eigenvalue weighted by molar-refractivity contribution is 7.99. The molecule has 0 saturated carbocycles. The van der Waals surface area contributed by atoms with E-state index in [2.05, 4.69) is 31.2 Å². The summed E-state index contributed by atoms with van der Waals surface area (Å²) in [6.45, 7) is 2.86. The fourth-order valence-electron chi connectivity index (χ4n) is 3.60. The Morgan fingerprint density at radius 3 is 1.87 bits per heavy atom. The summed E-state index contributed by atoms with van der Waals surface area (Å²) in [6.07, 6.45) is -1.11. The summed E-state index contributed by atoms with van der Waals surface area (Å²) >= 11 is 1.61. The van der Waals surface area contributed by atoms with Gasteiger partial charge in [-0.2, -0.15) is 0 Å². The van der Waals surface area contributed by atoms with Crippen molar-refractivity contribution in [3.05, 3.63) is 102 Å². The Morgan fingerprint density at radius 2 is 1.32 bits per heavy atom. The number of benzene rings is 3. The van der Waals surface area contributed by atoms with Crippen LogP contribution in [0.2, 0.25) is 0 Å². The van der Waals surface area contributed by atoms with Crippen molar-refractivity contribution >= 4 is 11.8 Å². The highest BCUT2D eigenvalue weighted by Crippen LogP contribution is 2.38. The summed E-state index contributed by atoms with van der Waals surface area (Å²) in [7, 11) is 0. The molecule has 0 aliphatic carbocycles. The van der Waals surface area contributed by atoms with Crippen LogP contribution in [0.25, 0.3) is 0 Å². The fourth-order valence-corrected chi connectivity index (χ4v) is 4.72. The molecule has 1 saturated heterocycles. The van der Waals surface area contributed by atoms with E-state index in [9.17, 15) is 5.11 Å². The third kappa shape index (κ3) is 5.97. The molecule has 1 aliphatic heterocycles. The first-order valence-electron chi connectivity index (χ1n) is 10.5. The Labute approximate surface area is 188 Å². The van der Waals surface area contributed by atoms with Crippen molar-refractivity contribution in [2.75, 3.05) is 6.61 Å². The number of ether oxygens (including phenoxy) is 3. The normalized spacial score (nSPS) is 23.2. The first-order chi connectivity index (χ1) is 15.2. The Balaban J connectivity index is 1.51. The van der Waals surface area contributed by atoms with Crippen LogP contribution >= 0.6 is 11.8 Å². The SMILES string of the molecule is Cc1ccc(S[C@@H]2O[C@H](CO)[C@H](OCc3ccccc3)[C@H]2OCc2ccccc2)cc1. The molecule has 0 radical (unpaired) electrons. The quantitative estimate of drug-likeness (QED) is 0.513. The van der Waals surface area contributed by atoms with Gasteiger partial charge in [0.1, 0.15) is 23.7 Å². The minimum Gasteiger partial charge on any atom is -0.394 e. The van der Waals surface area contributed by atoms with E-state index in [4.69, 9.17) is 14.2 Å². The molecule has 0 spiro atoms. The molecule has 4 atom stereocenters. The van der Waals surface area contributed by atoms with Crippen molar-refractivity contribution in [2.45, 2.75) is 48.8 Å². The molecule has 4 rings (SSSR count). The van der Waals surface area contributed by atoms with E-state index in [1.807, 2.05) is 60.7 Å². The van der Waals surface area contributed by atoms with Crippen LogP contribution in [0.15, 0.2) is 89.8 Å². The summed E-state index contributed by atoms with van der Waals surface area (Å²) in [5, 5.41) is 9.99. The van der Waals surface area contributed by atoms with Gasteiger partial charge in [0, 0.05) is 4.90 Å². The van der Waals surface area contributed by atoms with Crippen molar-refractivity contribution in [3.8, 4) is 0 Å². The van der Waals surface area contributed by atoms with Crippen molar-refractivity contribution in [2.24, 2.45) is 0 Å². The van der Waals surface area contributed by atoms with Gasteiger partial charge in [0.05, 0.1) is 19.8 Å². The molecule has 4 nitrogen and oxygen atoms in total. The molecule has 31 heavy (non-hydrogen) atoms. The second kappa shape index (κ2) is 10.9. The smallest absolute Gasteiger partial charge is 0.137 e. The maximum Gasteiger partial charge on any atom is 0.137 e. The number of aliphatic hydroxyl groups is 1. The summed E-state index contributed by atoms with van der Waals surface area (Å²) < 4.78 is 18.8. The van der Waals surface area contributed by atoms with Crippen molar-refractivity contribution in [3.63, 3.8) is 0 Å². The molecule has 3 aromatic carbocycles. The molecule has 1 aliphatic rings. The molecule has 0 bridgehead atoms. The number of aryl methyl sites for hydroxylation is 1. The molecule has 5 heteroatoms. The average Bonchev–Trinajstić information content (AvgIpc) is 3.15. The van der Waals surface area contributed by atoms with Crippen LogP contribution in [0.1, 0.15) is 16.7 Å². The van der Waals surface area contributed by atoms with Gasteiger partial charge >= 0.3 is 0 Å². The lowest BCUT2D eigenvalue weighted by atomic mass is 10.1. The standard InChI is InChI=1S/C26H28O4S/c1-19-12-14-22(15-13-19)31-26-25(29-18-21-10-6-3-7-11-21)24(23(16-27)30-26)28-17-20-8-4-2-5-9-20/h2-15,23-27H,16-18H2,1H3/t23-,24+,25-,26+/m1/s1. The van der Waals surface area contributed by atoms with E-state index in [1.54, 1.807) is 11.8 Å². The predicted octanol–water partition coefficient (Wildman–Crippen LogP) is 4.98. The van der Waals surface area contributed by atoms with Crippen LogP contribution in [0.4, 0.5) is 0 Å². The Hall–Kier alpha value is -2.15. The maximum absolute atomic E-state index is 9.99. The summed E-state index contributed by atoms with van der Waals surface area (Å²) in [6, 6.07) is 28.5. The van der Waals surface area contributed by atoms with Gasteiger partial charge in [-0.25, -0.2) is 0 Å². The number of hydrogen-bond donors (Lipinski definition) is 1. The van der Waals surface area contributed by atoms with Gasteiger partial charge in [0.15, 0.2) is 0 Å². The lowest BCUT2D eigenvalue weighted by Crippen LogP contribution is -2.38. The first-order valence-corrected chi connectivity index (χ1v) is 11.4. The van der Waals surface area contributed by atoms with Crippen LogP contribution in [-0.4, -0.2) is 35.5 Å². The molecule has 0 amide bonds. The molecule has 162 valence electrons. The van der Waals surface area contributed by atoms with Crippen molar-refractivity contribution in [1.29, 1.82) is 0 Å². The van der Waals surface area contributed by atoms with Crippen LogP contribution in [0.3, 0.4) is 0 Å². The Morgan fingerprint density at radius 1 is 0.774 bits per heavy atom. The van der Waals surface area contributed by atoms with Crippen molar-refractivity contribution < 1.29 is 19.3 Å². The van der Waals surface area contributed by atoms with Crippen LogP contribution in [0.5, 0.6) is 0 Å². The molecule has 1 heterocycles. The van der Waals surface area contributed by atoms with Crippen LogP contribution in [-0.2, 0) is 27.4 Å². The van der Waals surface area contributed by atoms with Gasteiger partial charge in [-0.3, -0.25) is 0 Å². The monoisotopic (exact) mass is 436 g/mol. The number of hydrogen-bond acceptors (Lipinski definition) is 5. The molecule has 0 unspecified atom stereocenters. The molecule has 1 fully saturated rings.